The van der Waals surface area contributed by atoms with E-state index in [0.717, 1.165) is 14.3 Å². The normalized spacial score (nSPS) is 19.7. The molecular weight excluding hydrogens is 323 g/mol. The zero-order valence-corrected chi connectivity index (χ0v) is 14.0. The first-order chi connectivity index (χ1) is 10.8. The Morgan fingerprint density at radius 3 is 2.83 bits per heavy atom. The van der Waals surface area contributed by atoms with Crippen molar-refractivity contribution in [3.05, 3.63) is 24.3 Å². The van der Waals surface area contributed by atoms with Crippen molar-refractivity contribution in [1.29, 1.82) is 0 Å². The second-order valence-corrected chi connectivity index (χ2v) is 7.74. The number of hydrogen-bond donors (Lipinski definition) is 0. The summed E-state index contributed by atoms with van der Waals surface area (Å²) >= 11 is 0. The topological polar surface area (TPSA) is 67.7 Å². The maximum Gasteiger partial charge on any atom is 0.307 e. The van der Waals surface area contributed by atoms with Crippen LogP contribution in [0.1, 0.15) is 6.92 Å². The van der Waals surface area contributed by atoms with Crippen LogP contribution in [-0.4, -0.2) is 61.6 Å². The average molecular weight is 342 g/mol. The van der Waals surface area contributed by atoms with Crippen LogP contribution < -0.4 is 4.90 Å². The molecule has 0 unspecified atom stereocenters. The Labute approximate surface area is 134 Å². The van der Waals surface area contributed by atoms with Gasteiger partial charge in [0.05, 0.1) is 24.8 Å². The van der Waals surface area contributed by atoms with Gasteiger partial charge in [-0.15, -0.1) is 0 Å². The van der Waals surface area contributed by atoms with E-state index >= 15 is 0 Å². The highest BCUT2D eigenvalue weighted by atomic mass is 32.2. The standard InChI is InChI=1S/C14H19FN4O3S/c1-10-9-22-7-6-18(10)14-11-4-5-19(23(20,21)17(2)3)12(11)8-13(15)16-14/h4-5,8,10H,6-7,9H2,1-3H3/t10-/m1/s1. The molecule has 1 fully saturated rings. The van der Waals surface area contributed by atoms with Gasteiger partial charge in [-0.3, -0.25) is 0 Å². The molecule has 126 valence electrons. The molecule has 1 saturated heterocycles. The van der Waals surface area contributed by atoms with E-state index in [9.17, 15) is 12.8 Å². The van der Waals surface area contributed by atoms with Crippen molar-refractivity contribution in [2.45, 2.75) is 13.0 Å². The molecule has 0 radical (unpaired) electrons. The minimum absolute atomic E-state index is 0.0371. The fourth-order valence-corrected chi connectivity index (χ4v) is 3.67. The molecule has 0 N–H and O–H groups in total. The third kappa shape index (κ3) is 2.68. The van der Waals surface area contributed by atoms with E-state index in [-0.39, 0.29) is 11.6 Å². The first-order valence-corrected chi connectivity index (χ1v) is 8.67. The first kappa shape index (κ1) is 16.2. The maximum absolute atomic E-state index is 14.0. The van der Waals surface area contributed by atoms with E-state index in [2.05, 4.69) is 4.98 Å². The SMILES string of the molecule is C[C@@H]1COCCN1c1nc(F)cc2c1ccn2S(=O)(=O)N(C)C. The van der Waals surface area contributed by atoms with Crippen molar-refractivity contribution in [3.63, 3.8) is 0 Å². The summed E-state index contributed by atoms with van der Waals surface area (Å²) in [4.78, 5) is 5.94. The Morgan fingerprint density at radius 2 is 2.17 bits per heavy atom. The van der Waals surface area contributed by atoms with Crippen molar-refractivity contribution in [2.75, 3.05) is 38.8 Å². The number of hydrogen-bond acceptors (Lipinski definition) is 5. The van der Waals surface area contributed by atoms with E-state index in [1.807, 2.05) is 11.8 Å². The second-order valence-electron chi connectivity index (χ2n) is 5.72. The van der Waals surface area contributed by atoms with Crippen LogP contribution in [0.3, 0.4) is 0 Å². The third-order valence-electron chi connectivity index (χ3n) is 3.95. The molecule has 0 bridgehead atoms. The molecule has 3 heterocycles. The molecule has 7 nitrogen and oxygen atoms in total. The summed E-state index contributed by atoms with van der Waals surface area (Å²) in [5, 5.41) is 0.602. The highest BCUT2D eigenvalue weighted by Crippen LogP contribution is 2.30. The van der Waals surface area contributed by atoms with Crippen molar-refractivity contribution in [3.8, 4) is 0 Å². The van der Waals surface area contributed by atoms with Gasteiger partial charge in [0.25, 0.3) is 0 Å². The zero-order valence-electron chi connectivity index (χ0n) is 13.2. The van der Waals surface area contributed by atoms with Gasteiger partial charge in [0.1, 0.15) is 5.82 Å². The Bertz CT molecular complexity index is 834. The van der Waals surface area contributed by atoms with Crippen molar-refractivity contribution >= 4 is 26.9 Å². The van der Waals surface area contributed by atoms with Crippen LogP contribution in [0.4, 0.5) is 10.2 Å². The van der Waals surface area contributed by atoms with Crippen LogP contribution >= 0.6 is 0 Å². The minimum Gasteiger partial charge on any atom is -0.377 e. The van der Waals surface area contributed by atoms with Gasteiger partial charge in [-0.2, -0.15) is 17.1 Å². The lowest BCUT2D eigenvalue weighted by molar-refractivity contribution is 0.0986. The quantitative estimate of drug-likeness (QED) is 0.780. The second kappa shape index (κ2) is 5.73. The van der Waals surface area contributed by atoms with Crippen LogP contribution in [0.25, 0.3) is 10.9 Å². The van der Waals surface area contributed by atoms with Gasteiger partial charge in [-0.05, 0) is 13.0 Å². The van der Waals surface area contributed by atoms with Crippen molar-refractivity contribution < 1.29 is 17.5 Å². The number of nitrogens with zero attached hydrogens (tertiary/aromatic N) is 4. The van der Waals surface area contributed by atoms with Gasteiger partial charge < -0.3 is 9.64 Å². The summed E-state index contributed by atoms with van der Waals surface area (Å²) in [5.74, 6) is -0.261. The Hall–Kier alpha value is -1.71. The van der Waals surface area contributed by atoms with Crippen molar-refractivity contribution in [1.82, 2.24) is 13.3 Å². The summed E-state index contributed by atoms with van der Waals surface area (Å²) in [6.07, 6.45) is 1.43. The molecule has 1 aliphatic rings. The fourth-order valence-electron chi connectivity index (χ4n) is 2.70. The van der Waals surface area contributed by atoms with E-state index in [1.54, 1.807) is 6.07 Å². The summed E-state index contributed by atoms with van der Waals surface area (Å²) < 4.78 is 46.4. The molecule has 23 heavy (non-hydrogen) atoms. The van der Waals surface area contributed by atoms with Gasteiger partial charge in [0, 0.05) is 38.3 Å². The Kier molecular flexibility index (Phi) is 4.03. The van der Waals surface area contributed by atoms with Gasteiger partial charge in [0.2, 0.25) is 5.95 Å². The Balaban J connectivity index is 2.20. The predicted octanol–water partition coefficient (Wildman–Crippen LogP) is 1.05. The smallest absolute Gasteiger partial charge is 0.307 e. The number of halogens is 1. The van der Waals surface area contributed by atoms with Gasteiger partial charge in [-0.25, -0.2) is 8.96 Å². The molecule has 1 aliphatic heterocycles. The maximum atomic E-state index is 14.0. The summed E-state index contributed by atoms with van der Waals surface area (Å²) in [6.45, 7) is 3.60. The van der Waals surface area contributed by atoms with E-state index in [0.29, 0.717) is 31.0 Å². The highest BCUT2D eigenvalue weighted by molar-refractivity contribution is 7.87. The molecule has 0 aromatic carbocycles. The van der Waals surface area contributed by atoms with Gasteiger partial charge in [-0.1, -0.05) is 0 Å². The summed E-state index contributed by atoms with van der Waals surface area (Å²) in [5.41, 5.74) is 0.278. The number of anilines is 1. The molecular formula is C14H19FN4O3S. The monoisotopic (exact) mass is 342 g/mol. The number of aromatic nitrogens is 2. The van der Waals surface area contributed by atoms with E-state index < -0.39 is 16.2 Å². The largest absolute Gasteiger partial charge is 0.377 e. The lowest BCUT2D eigenvalue weighted by Gasteiger charge is -2.34. The lowest BCUT2D eigenvalue weighted by Crippen LogP contribution is -2.44. The minimum atomic E-state index is -3.73. The van der Waals surface area contributed by atoms with Crippen LogP contribution in [0, 0.1) is 5.95 Å². The van der Waals surface area contributed by atoms with Gasteiger partial charge in [0.15, 0.2) is 0 Å². The third-order valence-corrected chi connectivity index (χ3v) is 5.69. The summed E-state index contributed by atoms with van der Waals surface area (Å²) in [7, 11) is -0.857. The number of pyridine rings is 1. The molecule has 9 heteroatoms. The lowest BCUT2D eigenvalue weighted by atomic mass is 10.2. The van der Waals surface area contributed by atoms with Crippen LogP contribution in [0.15, 0.2) is 18.3 Å². The zero-order chi connectivity index (χ0) is 16.8. The molecule has 1 atom stereocenters. The van der Waals surface area contributed by atoms with E-state index in [1.165, 1.54) is 20.3 Å². The number of fused-ring (bicyclic) bond motifs is 1. The number of rotatable bonds is 3. The highest BCUT2D eigenvalue weighted by Gasteiger charge is 2.26. The molecule has 0 amide bonds. The summed E-state index contributed by atoms with van der Waals surface area (Å²) in [6, 6.07) is 2.83. The molecule has 0 spiro atoms. The molecule has 0 aliphatic carbocycles. The predicted molar refractivity (Wildman–Crippen MR) is 85.3 cm³/mol. The van der Waals surface area contributed by atoms with Crippen LogP contribution in [0.5, 0.6) is 0 Å². The first-order valence-electron chi connectivity index (χ1n) is 7.27. The number of morpholine rings is 1. The fraction of sp³-hybridized carbons (Fsp3) is 0.500. The molecule has 2 aromatic rings. The molecule has 0 saturated carbocycles. The molecule has 2 aromatic heterocycles. The van der Waals surface area contributed by atoms with Crippen molar-refractivity contribution in [2.24, 2.45) is 0 Å². The molecule has 3 rings (SSSR count). The Morgan fingerprint density at radius 1 is 1.43 bits per heavy atom. The van der Waals surface area contributed by atoms with E-state index in [4.69, 9.17) is 4.74 Å². The average Bonchev–Trinajstić information content (AvgIpc) is 2.91. The number of ether oxygens (including phenoxy) is 1. The van der Waals surface area contributed by atoms with Gasteiger partial charge >= 0.3 is 10.2 Å². The van der Waals surface area contributed by atoms with Crippen LogP contribution in [-0.2, 0) is 14.9 Å². The van der Waals surface area contributed by atoms with Crippen LogP contribution in [0.2, 0.25) is 0 Å².